The van der Waals surface area contributed by atoms with E-state index in [0.29, 0.717) is 12.3 Å². The Morgan fingerprint density at radius 2 is 1.64 bits per heavy atom. The molecule has 13 atom stereocenters. The second-order valence-electron chi connectivity index (χ2n) is 17.9. The van der Waals surface area contributed by atoms with Crippen molar-refractivity contribution < 1.29 is 56.1 Å². The van der Waals surface area contributed by atoms with E-state index in [1.807, 2.05) is 13.8 Å². The van der Waals surface area contributed by atoms with Crippen molar-refractivity contribution in [2.75, 3.05) is 13.7 Å². The van der Waals surface area contributed by atoms with Gasteiger partial charge >= 0.3 is 24.1 Å². The summed E-state index contributed by atoms with van der Waals surface area (Å²) in [6, 6.07) is 6.42. The average Bonchev–Trinajstić information content (AvgIpc) is 3.74. The maximum absolute atomic E-state index is 14.5. The number of carbonyl (C=O) groups excluding carboxylic acids is 5. The van der Waals surface area contributed by atoms with Crippen LogP contribution in [0.25, 0.3) is 0 Å². The molecule has 0 aliphatic heterocycles. The van der Waals surface area contributed by atoms with Crippen LogP contribution in [0.5, 0.6) is 0 Å². The standard InChI is InChI=1S/C44H55F3O9/c1-24(22-54-38(52)43(53-9,44(45,46)47)30-13-11-10-12-14-30)25(2)36(51)37(56-29(6)49)27(4)35-33(55-28(5)48)21-40(8)34-16-15-31-26(3)32(50)17-18-41(31)23-42(34,41)20-19-39(35,40)7/h10-14,17-18,24,26-27,31,33-35,37H,2,15-16,19-23H2,1,3-9H3/t24-,26-,27-,31-,33-,34-,35-,37+,39+,40-,41+,42-,43-/m0/s1. The molecule has 0 bridgehead atoms. The summed E-state index contributed by atoms with van der Waals surface area (Å²) < 4.78 is 65.5. The van der Waals surface area contributed by atoms with Crippen molar-refractivity contribution in [2.45, 2.75) is 111 Å². The maximum atomic E-state index is 14.5. The van der Waals surface area contributed by atoms with Crippen LogP contribution in [0, 0.1) is 57.2 Å². The lowest BCUT2D eigenvalue weighted by Gasteiger charge is -2.61. The van der Waals surface area contributed by atoms with Crippen LogP contribution in [-0.2, 0) is 48.5 Å². The van der Waals surface area contributed by atoms with Crippen LogP contribution in [0.15, 0.2) is 54.6 Å². The minimum Gasteiger partial charge on any atom is -0.462 e. The Morgan fingerprint density at radius 1 is 0.982 bits per heavy atom. The van der Waals surface area contributed by atoms with Gasteiger partial charge in [-0.1, -0.05) is 77.6 Å². The highest BCUT2D eigenvalue weighted by Gasteiger charge is 2.82. The molecule has 4 fully saturated rings. The van der Waals surface area contributed by atoms with Crippen molar-refractivity contribution in [1.82, 2.24) is 0 Å². The van der Waals surface area contributed by atoms with Gasteiger partial charge in [0.2, 0.25) is 0 Å². The van der Waals surface area contributed by atoms with E-state index in [1.165, 1.54) is 39.0 Å². The van der Waals surface area contributed by atoms with E-state index in [1.54, 1.807) is 6.08 Å². The summed E-state index contributed by atoms with van der Waals surface area (Å²) in [5.41, 5.74) is -4.79. The van der Waals surface area contributed by atoms with Crippen LogP contribution in [0.4, 0.5) is 13.2 Å². The molecule has 56 heavy (non-hydrogen) atoms. The third kappa shape index (κ3) is 6.01. The normalized spacial score (nSPS) is 36.9. The third-order valence-corrected chi connectivity index (χ3v) is 15.5. The first-order valence-corrected chi connectivity index (χ1v) is 19.7. The largest absolute Gasteiger partial charge is 0.462 e. The first-order chi connectivity index (χ1) is 26.1. The molecule has 0 saturated heterocycles. The van der Waals surface area contributed by atoms with E-state index >= 15 is 0 Å². The lowest BCUT2D eigenvalue weighted by Crippen LogP contribution is -2.56. The van der Waals surface area contributed by atoms with Crippen molar-refractivity contribution in [3.8, 4) is 0 Å². The zero-order valence-corrected chi connectivity index (χ0v) is 33.6. The van der Waals surface area contributed by atoms with Gasteiger partial charge in [0.05, 0.1) is 6.61 Å². The summed E-state index contributed by atoms with van der Waals surface area (Å²) in [7, 11) is 0.770. The number of Topliss-reactive ketones (excluding diaryl/α,β-unsaturated/α-hetero) is 1. The van der Waals surface area contributed by atoms with E-state index in [4.69, 9.17) is 18.9 Å². The zero-order chi connectivity index (χ0) is 41.4. The van der Waals surface area contributed by atoms with Gasteiger partial charge in [-0.2, -0.15) is 13.2 Å². The van der Waals surface area contributed by atoms with Gasteiger partial charge in [-0.25, -0.2) is 4.79 Å². The van der Waals surface area contributed by atoms with Crippen LogP contribution in [0.2, 0.25) is 0 Å². The predicted octanol–water partition coefficient (Wildman–Crippen LogP) is 7.90. The Kier molecular flexibility index (Phi) is 10.6. The molecular weight excluding hydrogens is 729 g/mol. The summed E-state index contributed by atoms with van der Waals surface area (Å²) in [4.78, 5) is 65.7. The summed E-state index contributed by atoms with van der Waals surface area (Å²) in [6.45, 7) is 15.7. The van der Waals surface area contributed by atoms with E-state index in [-0.39, 0.29) is 39.4 Å². The monoisotopic (exact) mass is 784 g/mol. The van der Waals surface area contributed by atoms with E-state index in [0.717, 1.165) is 51.3 Å². The van der Waals surface area contributed by atoms with Crippen LogP contribution in [0.3, 0.4) is 0 Å². The fraction of sp³-hybridized carbons (Fsp3) is 0.659. The molecule has 5 aliphatic rings. The Bertz CT molecular complexity index is 1820. The van der Waals surface area contributed by atoms with Crippen LogP contribution >= 0.6 is 0 Å². The molecule has 6 rings (SSSR count). The fourth-order valence-corrected chi connectivity index (χ4v) is 12.6. The average molecular weight is 785 g/mol. The molecule has 1 aromatic carbocycles. The SMILES string of the molecule is C=C(C(=O)[C@H](OC(C)=O)[C@@H](C)[C@H]1[C@@H](OC(C)=O)C[C@@]2(C)[C@@H]3CC[C@H]4[C@H](C)C(=O)C=C[C@@]45C[C@@]35CC[C@]12C)[C@@H](C)COC(=O)[C@@](OC)(c1ccccc1)C(F)(F)F. The number of ether oxygens (including phenoxy) is 4. The molecule has 9 nitrogen and oxygen atoms in total. The highest BCUT2D eigenvalue weighted by Crippen LogP contribution is 2.87. The quantitative estimate of drug-likeness (QED) is 0.118. The van der Waals surface area contributed by atoms with Gasteiger partial charge < -0.3 is 18.9 Å². The molecule has 5 aliphatic carbocycles. The lowest BCUT2D eigenvalue weighted by molar-refractivity contribution is -0.276. The fourth-order valence-electron chi connectivity index (χ4n) is 12.6. The summed E-state index contributed by atoms with van der Waals surface area (Å²) >= 11 is 0. The first kappa shape index (κ1) is 41.8. The number of hydrogen-bond donors (Lipinski definition) is 0. The molecule has 4 saturated carbocycles. The number of allylic oxidation sites excluding steroid dienone is 2. The number of rotatable bonds is 12. The van der Waals surface area contributed by atoms with Gasteiger partial charge in [0.25, 0.3) is 5.60 Å². The van der Waals surface area contributed by atoms with Crippen molar-refractivity contribution >= 4 is 29.5 Å². The number of fused-ring (bicyclic) bond motifs is 2. The van der Waals surface area contributed by atoms with Gasteiger partial charge in [0, 0.05) is 50.2 Å². The number of benzene rings is 1. The topological polar surface area (TPSA) is 122 Å². The molecule has 0 N–H and O–H groups in total. The molecular formula is C44H55F3O9. The predicted molar refractivity (Wildman–Crippen MR) is 198 cm³/mol. The van der Waals surface area contributed by atoms with Crippen molar-refractivity contribution in [1.29, 1.82) is 0 Å². The minimum atomic E-state index is -5.18. The highest BCUT2D eigenvalue weighted by atomic mass is 19.4. The Labute approximate surface area is 327 Å². The molecule has 0 unspecified atom stereocenters. The molecule has 0 radical (unpaired) electrons. The number of ketones is 2. The molecule has 2 spiro atoms. The Hall–Kier alpha value is -3.80. The number of esters is 3. The summed E-state index contributed by atoms with van der Waals surface area (Å²) in [6.07, 6.45) is 1.94. The number of hydrogen-bond acceptors (Lipinski definition) is 9. The van der Waals surface area contributed by atoms with Crippen LogP contribution in [-0.4, -0.2) is 61.6 Å². The molecule has 0 heterocycles. The third-order valence-electron chi connectivity index (χ3n) is 15.5. The maximum Gasteiger partial charge on any atom is 0.432 e. The second kappa shape index (κ2) is 14.2. The molecule has 306 valence electrons. The van der Waals surface area contributed by atoms with E-state index in [9.17, 15) is 37.1 Å². The van der Waals surface area contributed by atoms with E-state index < -0.39 is 83.0 Å². The number of halogens is 3. The van der Waals surface area contributed by atoms with Gasteiger partial charge in [0.15, 0.2) is 17.7 Å². The van der Waals surface area contributed by atoms with Crippen LogP contribution in [0.1, 0.15) is 92.6 Å². The van der Waals surface area contributed by atoms with Crippen LogP contribution < -0.4 is 0 Å². The summed E-state index contributed by atoms with van der Waals surface area (Å²) in [5.74, 6) is -4.90. The molecule has 12 heteroatoms. The van der Waals surface area contributed by atoms with E-state index in [2.05, 4.69) is 26.5 Å². The smallest absolute Gasteiger partial charge is 0.432 e. The number of alkyl halides is 3. The van der Waals surface area contributed by atoms with Gasteiger partial charge in [-0.3, -0.25) is 19.2 Å². The number of carbonyl (C=O) groups is 5. The molecule has 1 aromatic rings. The molecule has 0 aromatic heterocycles. The van der Waals surface area contributed by atoms with Gasteiger partial charge in [-0.05, 0) is 83.7 Å². The Balaban J connectivity index is 1.26. The van der Waals surface area contributed by atoms with Gasteiger partial charge in [0.1, 0.15) is 6.10 Å². The van der Waals surface area contributed by atoms with Crippen molar-refractivity contribution in [2.24, 2.45) is 57.2 Å². The highest BCUT2D eigenvalue weighted by molar-refractivity contribution is 6.00. The summed E-state index contributed by atoms with van der Waals surface area (Å²) in [5, 5.41) is 0. The van der Waals surface area contributed by atoms with Gasteiger partial charge in [-0.15, -0.1) is 0 Å². The second-order valence-corrected chi connectivity index (χ2v) is 17.9. The first-order valence-electron chi connectivity index (χ1n) is 19.7. The Morgan fingerprint density at radius 3 is 2.23 bits per heavy atom. The van der Waals surface area contributed by atoms with Crippen molar-refractivity contribution in [3.63, 3.8) is 0 Å². The molecule has 0 amide bonds. The lowest BCUT2D eigenvalue weighted by atomic mass is 9.43. The number of methoxy groups -OCH3 is 1. The zero-order valence-electron chi connectivity index (χ0n) is 33.6. The van der Waals surface area contributed by atoms with Crippen molar-refractivity contribution in [3.05, 3.63) is 60.2 Å². The minimum absolute atomic E-state index is 0.0217.